The van der Waals surface area contributed by atoms with Crippen molar-refractivity contribution in [2.75, 3.05) is 13.1 Å². The van der Waals surface area contributed by atoms with Crippen LogP contribution < -0.4 is 0 Å². The summed E-state index contributed by atoms with van der Waals surface area (Å²) in [6, 6.07) is 6.24. The highest BCUT2D eigenvalue weighted by atomic mass is 16.1. The van der Waals surface area contributed by atoms with Crippen molar-refractivity contribution in [3.05, 3.63) is 48.0 Å². The lowest BCUT2D eigenvalue weighted by Crippen LogP contribution is -2.32. The smallest absolute Gasteiger partial charge is 0.127 e. The lowest BCUT2D eigenvalue weighted by atomic mass is 9.93. The molecule has 1 aliphatic rings. The molecule has 0 bridgehead atoms. The van der Waals surface area contributed by atoms with Gasteiger partial charge in [-0.25, -0.2) is 0 Å². The molecule has 5 heteroatoms. The van der Waals surface area contributed by atoms with Gasteiger partial charge < -0.3 is 4.79 Å². The Morgan fingerprint density at radius 2 is 2.08 bits per heavy atom. The third kappa shape index (κ3) is 4.29. The van der Waals surface area contributed by atoms with Gasteiger partial charge >= 0.3 is 0 Å². The molecule has 0 aromatic carbocycles. The van der Waals surface area contributed by atoms with E-state index in [1.54, 1.807) is 0 Å². The van der Waals surface area contributed by atoms with E-state index >= 15 is 0 Å². The molecule has 0 spiro atoms. The summed E-state index contributed by atoms with van der Waals surface area (Å²) in [4.78, 5) is 17.7. The molecule has 0 unspecified atom stereocenters. The number of carbonyl (C=O) groups excluding carboxylic acids is 1. The Morgan fingerprint density at radius 3 is 2.75 bits per heavy atom. The molecular formula is C19H26N4O. The van der Waals surface area contributed by atoms with E-state index in [9.17, 15) is 4.79 Å². The van der Waals surface area contributed by atoms with Gasteiger partial charge in [-0.3, -0.25) is 14.6 Å². The van der Waals surface area contributed by atoms with E-state index in [4.69, 9.17) is 5.10 Å². The monoisotopic (exact) mass is 326 g/mol. The van der Waals surface area contributed by atoms with Crippen molar-refractivity contribution in [2.24, 2.45) is 5.41 Å². The lowest BCUT2D eigenvalue weighted by Gasteiger charge is -2.31. The molecule has 1 saturated heterocycles. The predicted molar refractivity (Wildman–Crippen MR) is 93.6 cm³/mol. The molecule has 0 atom stereocenters. The van der Waals surface area contributed by atoms with E-state index in [1.807, 2.05) is 43.2 Å². The number of piperidine rings is 1. The van der Waals surface area contributed by atoms with Crippen molar-refractivity contribution in [2.45, 2.75) is 45.7 Å². The van der Waals surface area contributed by atoms with Crippen LogP contribution in [0.5, 0.6) is 0 Å². The molecule has 3 heterocycles. The van der Waals surface area contributed by atoms with Crippen molar-refractivity contribution in [3.63, 3.8) is 0 Å². The van der Waals surface area contributed by atoms with E-state index in [0.717, 1.165) is 44.5 Å². The van der Waals surface area contributed by atoms with Crippen LogP contribution in [-0.4, -0.2) is 39.0 Å². The summed E-state index contributed by atoms with van der Waals surface area (Å²) in [6.45, 7) is 7.67. The van der Waals surface area contributed by atoms with Crippen molar-refractivity contribution in [3.8, 4) is 0 Å². The number of rotatable bonds is 6. The molecule has 0 N–H and O–H groups in total. The van der Waals surface area contributed by atoms with Crippen LogP contribution in [-0.2, 0) is 17.9 Å². The highest BCUT2D eigenvalue weighted by Gasteiger charge is 2.23. The minimum Gasteiger partial charge on any atom is -0.303 e. The van der Waals surface area contributed by atoms with Crippen LogP contribution in [0.3, 0.4) is 0 Å². The minimum absolute atomic E-state index is 0.365. The predicted octanol–water partition coefficient (Wildman–Crippen LogP) is 2.88. The Hall–Kier alpha value is -2.01. The van der Waals surface area contributed by atoms with Crippen LogP contribution in [0, 0.1) is 5.41 Å². The summed E-state index contributed by atoms with van der Waals surface area (Å²) >= 11 is 0. The average molecular weight is 326 g/mol. The van der Waals surface area contributed by atoms with Crippen LogP contribution in [0.4, 0.5) is 0 Å². The maximum absolute atomic E-state index is 11.1. The highest BCUT2D eigenvalue weighted by Crippen LogP contribution is 2.27. The number of hydrogen-bond donors (Lipinski definition) is 0. The molecule has 0 amide bonds. The van der Waals surface area contributed by atoms with E-state index < -0.39 is 0 Å². The first-order valence-corrected chi connectivity index (χ1v) is 8.67. The van der Waals surface area contributed by atoms with Crippen molar-refractivity contribution in [1.82, 2.24) is 19.7 Å². The lowest BCUT2D eigenvalue weighted by molar-refractivity contribution is -0.115. The largest absolute Gasteiger partial charge is 0.303 e. The van der Waals surface area contributed by atoms with Gasteiger partial charge in [-0.2, -0.15) is 5.10 Å². The van der Waals surface area contributed by atoms with Gasteiger partial charge in [0.1, 0.15) is 6.29 Å². The second-order valence-electron chi connectivity index (χ2n) is 7.46. The number of nitrogens with zero attached hydrogens (tertiary/aromatic N) is 4. The standard InChI is InChI=1S/C19H26N4O/c1-19(2,15-24)14-23-11-7-18(21-23)17-5-9-22(10-6-17)13-16-4-3-8-20-12-16/h3-4,7-8,11-12,15,17H,5-6,9-10,13-14H2,1-2H3. The fourth-order valence-corrected chi connectivity index (χ4v) is 3.27. The van der Waals surface area contributed by atoms with Crippen molar-refractivity contribution < 1.29 is 4.79 Å². The van der Waals surface area contributed by atoms with Gasteiger partial charge in [-0.05, 0) is 43.6 Å². The first-order chi connectivity index (χ1) is 11.6. The molecule has 1 fully saturated rings. The number of carbonyl (C=O) groups is 1. The van der Waals surface area contributed by atoms with Gasteiger partial charge in [0.05, 0.1) is 12.2 Å². The fourth-order valence-electron chi connectivity index (χ4n) is 3.27. The molecule has 0 radical (unpaired) electrons. The summed E-state index contributed by atoms with van der Waals surface area (Å²) in [5.74, 6) is 0.524. The summed E-state index contributed by atoms with van der Waals surface area (Å²) in [6.07, 6.45) is 9.04. The second kappa shape index (κ2) is 7.26. The number of hydrogen-bond acceptors (Lipinski definition) is 4. The van der Waals surface area contributed by atoms with E-state index in [2.05, 4.69) is 22.0 Å². The SMILES string of the molecule is CC(C)(C=O)Cn1ccc(C2CCN(Cc3cccnc3)CC2)n1. The summed E-state index contributed by atoms with van der Waals surface area (Å²) in [5.41, 5.74) is 2.07. The zero-order valence-corrected chi connectivity index (χ0v) is 14.6. The van der Waals surface area contributed by atoms with Crippen molar-refractivity contribution in [1.29, 1.82) is 0 Å². The van der Waals surface area contributed by atoms with Gasteiger partial charge in [0, 0.05) is 36.5 Å². The first-order valence-electron chi connectivity index (χ1n) is 8.67. The molecule has 24 heavy (non-hydrogen) atoms. The van der Waals surface area contributed by atoms with Crippen LogP contribution in [0.15, 0.2) is 36.8 Å². The highest BCUT2D eigenvalue weighted by molar-refractivity contribution is 5.57. The fraction of sp³-hybridized carbons (Fsp3) is 0.526. The van der Waals surface area contributed by atoms with Gasteiger partial charge in [0.25, 0.3) is 0 Å². The topological polar surface area (TPSA) is 51.0 Å². The van der Waals surface area contributed by atoms with Crippen LogP contribution in [0.1, 0.15) is 43.9 Å². The minimum atomic E-state index is -0.365. The quantitative estimate of drug-likeness (QED) is 0.766. The third-order valence-corrected chi connectivity index (χ3v) is 4.68. The number of aldehydes is 1. The Labute approximate surface area is 143 Å². The molecule has 2 aromatic heterocycles. The molecule has 1 aliphatic heterocycles. The molecular weight excluding hydrogens is 300 g/mol. The van der Waals surface area contributed by atoms with Crippen LogP contribution >= 0.6 is 0 Å². The first kappa shape index (κ1) is 16.8. The molecule has 128 valence electrons. The van der Waals surface area contributed by atoms with E-state index in [0.29, 0.717) is 12.5 Å². The maximum atomic E-state index is 11.1. The van der Waals surface area contributed by atoms with Crippen LogP contribution in [0.2, 0.25) is 0 Å². The number of pyridine rings is 1. The molecule has 0 saturated carbocycles. The van der Waals surface area contributed by atoms with Gasteiger partial charge in [0.15, 0.2) is 0 Å². The Balaban J connectivity index is 1.53. The van der Waals surface area contributed by atoms with E-state index in [-0.39, 0.29) is 5.41 Å². The molecule has 3 rings (SSSR count). The molecule has 0 aliphatic carbocycles. The van der Waals surface area contributed by atoms with Gasteiger partial charge in [-0.15, -0.1) is 0 Å². The molecule has 5 nitrogen and oxygen atoms in total. The third-order valence-electron chi connectivity index (χ3n) is 4.68. The Kier molecular flexibility index (Phi) is 5.09. The maximum Gasteiger partial charge on any atom is 0.127 e. The Bertz CT molecular complexity index is 657. The van der Waals surface area contributed by atoms with Crippen molar-refractivity contribution >= 4 is 6.29 Å². The Morgan fingerprint density at radius 1 is 1.29 bits per heavy atom. The van der Waals surface area contributed by atoms with Gasteiger partial charge in [-0.1, -0.05) is 19.9 Å². The normalized spacial score (nSPS) is 17.1. The zero-order valence-electron chi connectivity index (χ0n) is 14.6. The van der Waals surface area contributed by atoms with Crippen LogP contribution in [0.25, 0.3) is 0 Å². The zero-order chi connectivity index (χ0) is 17.0. The average Bonchev–Trinajstić information content (AvgIpc) is 3.04. The number of likely N-dealkylation sites (tertiary alicyclic amines) is 1. The summed E-state index contributed by atoms with van der Waals surface area (Å²) in [5, 5.41) is 4.71. The summed E-state index contributed by atoms with van der Waals surface area (Å²) < 4.78 is 1.91. The van der Waals surface area contributed by atoms with E-state index in [1.165, 1.54) is 5.56 Å². The molecule has 2 aromatic rings. The number of aromatic nitrogens is 3. The summed E-state index contributed by atoms with van der Waals surface area (Å²) in [7, 11) is 0. The van der Waals surface area contributed by atoms with Gasteiger partial charge in [0.2, 0.25) is 0 Å². The second-order valence-corrected chi connectivity index (χ2v) is 7.46.